The van der Waals surface area contributed by atoms with Gasteiger partial charge in [-0.2, -0.15) is 0 Å². The van der Waals surface area contributed by atoms with E-state index in [1.807, 2.05) is 0 Å². The second kappa shape index (κ2) is 4.64. The average molecular weight is 179 g/mol. The highest BCUT2D eigenvalue weighted by atomic mass is 16.6. The van der Waals surface area contributed by atoms with Gasteiger partial charge in [0.1, 0.15) is 7.11 Å². The van der Waals surface area contributed by atoms with E-state index in [0.29, 0.717) is 11.0 Å². The third-order valence-electron chi connectivity index (χ3n) is 1.57. The van der Waals surface area contributed by atoms with Crippen molar-refractivity contribution in [3.8, 4) is 0 Å². The third-order valence-corrected chi connectivity index (χ3v) is 1.57. The molecule has 0 unspecified atom stereocenters. The molecule has 0 spiro atoms. The monoisotopic (exact) mass is 179 g/mol. The Morgan fingerprint density at radius 2 is 2.08 bits per heavy atom. The Balaban J connectivity index is 2.97. The van der Waals surface area contributed by atoms with Gasteiger partial charge in [0.15, 0.2) is 0 Å². The first-order valence-electron chi connectivity index (χ1n) is 3.77. The van der Waals surface area contributed by atoms with Crippen molar-refractivity contribution in [3.05, 3.63) is 29.8 Å². The predicted octanol–water partition coefficient (Wildman–Crippen LogP) is -0.653. The summed E-state index contributed by atoms with van der Waals surface area (Å²) < 4.78 is 0. The first-order chi connectivity index (χ1) is 6.25. The fourth-order valence-electron chi connectivity index (χ4n) is 0.973. The van der Waals surface area contributed by atoms with Crippen LogP contribution in [0.5, 0.6) is 0 Å². The van der Waals surface area contributed by atoms with E-state index in [4.69, 9.17) is 10.0 Å². The SMILES string of the molecule is CON=Cc1ccccc1B(O)O. The first kappa shape index (κ1) is 9.76. The highest BCUT2D eigenvalue weighted by Gasteiger charge is 2.13. The molecule has 1 aromatic carbocycles. The first-order valence-corrected chi connectivity index (χ1v) is 3.77. The normalized spacial score (nSPS) is 10.4. The van der Waals surface area contributed by atoms with E-state index in [2.05, 4.69) is 9.99 Å². The van der Waals surface area contributed by atoms with Crippen molar-refractivity contribution in [2.24, 2.45) is 5.16 Å². The van der Waals surface area contributed by atoms with Crippen molar-refractivity contribution in [3.63, 3.8) is 0 Å². The van der Waals surface area contributed by atoms with Crippen molar-refractivity contribution >= 4 is 18.8 Å². The summed E-state index contributed by atoms with van der Waals surface area (Å²) >= 11 is 0. The van der Waals surface area contributed by atoms with E-state index in [-0.39, 0.29) is 0 Å². The van der Waals surface area contributed by atoms with E-state index in [1.54, 1.807) is 24.3 Å². The van der Waals surface area contributed by atoms with Crippen LogP contribution in [0.15, 0.2) is 29.4 Å². The molecule has 0 aliphatic heterocycles. The lowest BCUT2D eigenvalue weighted by Gasteiger charge is -2.02. The van der Waals surface area contributed by atoms with Gasteiger partial charge >= 0.3 is 7.12 Å². The molecule has 0 aromatic heterocycles. The number of hydrogen-bond donors (Lipinski definition) is 2. The molecular weight excluding hydrogens is 169 g/mol. The van der Waals surface area contributed by atoms with Crippen LogP contribution < -0.4 is 5.46 Å². The molecule has 0 saturated heterocycles. The van der Waals surface area contributed by atoms with Crippen LogP contribution in [0.1, 0.15) is 5.56 Å². The van der Waals surface area contributed by atoms with Crippen molar-refractivity contribution in [2.45, 2.75) is 0 Å². The molecule has 0 heterocycles. The summed E-state index contributed by atoms with van der Waals surface area (Å²) in [6, 6.07) is 6.83. The molecular formula is C8H10BNO3. The molecule has 68 valence electrons. The van der Waals surface area contributed by atoms with Crippen LogP contribution in [0.4, 0.5) is 0 Å². The Kier molecular flexibility index (Phi) is 3.48. The number of benzene rings is 1. The van der Waals surface area contributed by atoms with E-state index >= 15 is 0 Å². The Hall–Kier alpha value is -1.33. The van der Waals surface area contributed by atoms with Gasteiger partial charge in [-0.05, 0) is 11.0 Å². The van der Waals surface area contributed by atoms with Crippen LogP contribution in [0.3, 0.4) is 0 Å². The Morgan fingerprint density at radius 3 is 2.69 bits per heavy atom. The van der Waals surface area contributed by atoms with Gasteiger partial charge in [-0.3, -0.25) is 0 Å². The molecule has 13 heavy (non-hydrogen) atoms. The topological polar surface area (TPSA) is 62.0 Å². The summed E-state index contributed by atoms with van der Waals surface area (Å²) in [5.41, 5.74) is 1.03. The molecule has 1 rings (SSSR count). The zero-order chi connectivity index (χ0) is 9.68. The summed E-state index contributed by atoms with van der Waals surface area (Å²) in [5, 5.41) is 21.5. The molecule has 0 atom stereocenters. The maximum Gasteiger partial charge on any atom is 0.489 e. The van der Waals surface area contributed by atoms with E-state index in [1.165, 1.54) is 13.3 Å². The summed E-state index contributed by atoms with van der Waals surface area (Å²) in [4.78, 5) is 4.49. The summed E-state index contributed by atoms with van der Waals surface area (Å²) in [5.74, 6) is 0. The molecule has 0 fully saturated rings. The lowest BCUT2D eigenvalue weighted by atomic mass is 9.77. The van der Waals surface area contributed by atoms with Gasteiger partial charge in [-0.1, -0.05) is 29.4 Å². The number of rotatable bonds is 3. The maximum atomic E-state index is 8.96. The van der Waals surface area contributed by atoms with Gasteiger partial charge in [-0.25, -0.2) is 0 Å². The van der Waals surface area contributed by atoms with Crippen molar-refractivity contribution in [1.29, 1.82) is 0 Å². The van der Waals surface area contributed by atoms with Gasteiger partial charge in [0.05, 0.1) is 6.21 Å². The predicted molar refractivity (Wildman–Crippen MR) is 50.9 cm³/mol. The standard InChI is InChI=1S/C8H10BNO3/c1-13-10-6-7-4-2-3-5-8(7)9(11)12/h2-6,11-12H,1H3. The minimum Gasteiger partial charge on any atom is -0.423 e. The molecule has 0 bridgehead atoms. The van der Waals surface area contributed by atoms with E-state index in [0.717, 1.165) is 0 Å². The van der Waals surface area contributed by atoms with E-state index in [9.17, 15) is 0 Å². The third kappa shape index (κ3) is 2.57. The van der Waals surface area contributed by atoms with Gasteiger partial charge in [0.2, 0.25) is 0 Å². The summed E-state index contributed by atoms with van der Waals surface area (Å²) in [6.07, 6.45) is 1.43. The lowest BCUT2D eigenvalue weighted by molar-refractivity contribution is 0.215. The van der Waals surface area contributed by atoms with Crippen LogP contribution in [0, 0.1) is 0 Å². The minimum absolute atomic E-state index is 0.406. The largest absolute Gasteiger partial charge is 0.489 e. The van der Waals surface area contributed by atoms with Crippen LogP contribution in [-0.2, 0) is 4.84 Å². The second-order valence-corrected chi connectivity index (χ2v) is 2.42. The smallest absolute Gasteiger partial charge is 0.423 e. The van der Waals surface area contributed by atoms with E-state index < -0.39 is 7.12 Å². The van der Waals surface area contributed by atoms with Crippen molar-refractivity contribution in [2.75, 3.05) is 7.11 Å². The summed E-state index contributed by atoms with van der Waals surface area (Å²) in [7, 11) is -0.0615. The summed E-state index contributed by atoms with van der Waals surface area (Å²) in [6.45, 7) is 0. The Bertz CT molecular complexity index is 301. The molecule has 0 aliphatic rings. The molecule has 4 nitrogen and oxygen atoms in total. The minimum atomic E-state index is -1.49. The molecule has 1 aromatic rings. The van der Waals surface area contributed by atoms with Crippen molar-refractivity contribution in [1.82, 2.24) is 0 Å². The molecule has 0 saturated carbocycles. The van der Waals surface area contributed by atoms with Crippen molar-refractivity contribution < 1.29 is 14.9 Å². The quantitative estimate of drug-likeness (QED) is 0.368. The zero-order valence-electron chi connectivity index (χ0n) is 7.21. The van der Waals surface area contributed by atoms with Gasteiger partial charge < -0.3 is 14.9 Å². The van der Waals surface area contributed by atoms with Gasteiger partial charge in [0, 0.05) is 0 Å². The van der Waals surface area contributed by atoms with Crippen LogP contribution in [0.2, 0.25) is 0 Å². The number of oxime groups is 1. The zero-order valence-corrected chi connectivity index (χ0v) is 7.21. The fraction of sp³-hybridized carbons (Fsp3) is 0.125. The number of nitrogens with zero attached hydrogens (tertiary/aromatic N) is 1. The molecule has 0 amide bonds. The fourth-order valence-corrected chi connectivity index (χ4v) is 0.973. The van der Waals surface area contributed by atoms with Crippen LogP contribution in [0.25, 0.3) is 0 Å². The molecule has 0 aliphatic carbocycles. The highest BCUT2D eigenvalue weighted by molar-refractivity contribution is 6.60. The Morgan fingerprint density at radius 1 is 1.38 bits per heavy atom. The average Bonchev–Trinajstić information content (AvgIpc) is 2.15. The molecule has 0 radical (unpaired) electrons. The second-order valence-electron chi connectivity index (χ2n) is 2.42. The van der Waals surface area contributed by atoms with Gasteiger partial charge in [-0.15, -0.1) is 0 Å². The Labute approximate surface area is 76.6 Å². The van der Waals surface area contributed by atoms with Gasteiger partial charge in [0.25, 0.3) is 0 Å². The lowest BCUT2D eigenvalue weighted by Crippen LogP contribution is -2.32. The molecule has 5 heteroatoms. The number of hydrogen-bond acceptors (Lipinski definition) is 4. The highest BCUT2D eigenvalue weighted by Crippen LogP contribution is 1.93. The molecule has 2 N–H and O–H groups in total. The van der Waals surface area contributed by atoms with Crippen LogP contribution in [-0.4, -0.2) is 30.5 Å². The van der Waals surface area contributed by atoms with Crippen LogP contribution >= 0.6 is 0 Å². The maximum absolute atomic E-state index is 8.96.